The van der Waals surface area contributed by atoms with Crippen molar-refractivity contribution in [1.82, 2.24) is 15.1 Å². The number of rotatable bonds is 6. The molecule has 2 saturated heterocycles. The average Bonchev–Trinajstić information content (AvgIpc) is 2.48. The van der Waals surface area contributed by atoms with Crippen LogP contribution in [0.5, 0.6) is 0 Å². The van der Waals surface area contributed by atoms with E-state index >= 15 is 0 Å². The van der Waals surface area contributed by atoms with Gasteiger partial charge in [-0.15, -0.1) is 24.8 Å². The Hall–Kier alpha value is -0.110. The Kier molecular flexibility index (Phi) is 11.6. The van der Waals surface area contributed by atoms with Gasteiger partial charge in [-0.05, 0) is 17.8 Å². The van der Waals surface area contributed by atoms with Crippen LogP contribution in [0.25, 0.3) is 0 Å². The predicted molar refractivity (Wildman–Crippen MR) is 111 cm³/mol. The summed E-state index contributed by atoms with van der Waals surface area (Å²) in [6.07, 6.45) is 1.06. The Morgan fingerprint density at radius 2 is 1.96 bits per heavy atom. The number of morpholine rings is 1. The molecule has 8 heteroatoms. The van der Waals surface area contributed by atoms with Gasteiger partial charge in [0.25, 0.3) is 0 Å². The minimum absolute atomic E-state index is 0. The van der Waals surface area contributed by atoms with E-state index in [-0.39, 0.29) is 48.3 Å². The van der Waals surface area contributed by atoms with E-state index in [1.165, 1.54) is 0 Å². The van der Waals surface area contributed by atoms with Crippen molar-refractivity contribution in [3.05, 3.63) is 0 Å². The maximum absolute atomic E-state index is 12.3. The van der Waals surface area contributed by atoms with E-state index in [0.29, 0.717) is 19.0 Å². The molecule has 3 N–H and O–H groups in total. The van der Waals surface area contributed by atoms with Gasteiger partial charge >= 0.3 is 0 Å². The van der Waals surface area contributed by atoms with E-state index < -0.39 is 0 Å². The molecule has 2 heterocycles. The second kappa shape index (κ2) is 11.7. The van der Waals surface area contributed by atoms with Crippen molar-refractivity contribution in [1.29, 1.82) is 0 Å². The summed E-state index contributed by atoms with van der Waals surface area (Å²) in [5.74, 6) is 0.748. The molecule has 0 aromatic carbocycles. The van der Waals surface area contributed by atoms with E-state index in [4.69, 9.17) is 10.5 Å². The molecule has 0 aromatic heterocycles. The van der Waals surface area contributed by atoms with Gasteiger partial charge in [-0.3, -0.25) is 14.6 Å². The number of hydrogen-bond donors (Lipinski definition) is 2. The molecule has 26 heavy (non-hydrogen) atoms. The van der Waals surface area contributed by atoms with Gasteiger partial charge in [-0.25, -0.2) is 0 Å². The van der Waals surface area contributed by atoms with Crippen LogP contribution in [0.2, 0.25) is 0 Å². The Labute approximate surface area is 171 Å². The Morgan fingerprint density at radius 3 is 2.58 bits per heavy atom. The summed E-state index contributed by atoms with van der Waals surface area (Å²) in [6, 6.07) is 0.222. The summed E-state index contributed by atoms with van der Waals surface area (Å²) in [5.41, 5.74) is 6.23. The molecular weight excluding hydrogens is 375 g/mol. The summed E-state index contributed by atoms with van der Waals surface area (Å²) >= 11 is 0. The molecule has 0 aliphatic carbocycles. The number of likely N-dealkylation sites (tertiary alicyclic amines) is 1. The first-order valence-electron chi connectivity index (χ1n) is 9.35. The fourth-order valence-electron chi connectivity index (χ4n) is 3.69. The summed E-state index contributed by atoms with van der Waals surface area (Å²) in [6.45, 7) is 15.4. The first-order valence-corrected chi connectivity index (χ1v) is 9.35. The van der Waals surface area contributed by atoms with Gasteiger partial charge < -0.3 is 15.8 Å². The lowest BCUT2D eigenvalue weighted by atomic mass is 9.80. The second-order valence-corrected chi connectivity index (χ2v) is 8.54. The van der Waals surface area contributed by atoms with Gasteiger partial charge in [0, 0.05) is 45.3 Å². The van der Waals surface area contributed by atoms with Crippen molar-refractivity contribution in [3.63, 3.8) is 0 Å². The molecule has 0 radical (unpaired) electrons. The SMILES string of the molecule is CC(C)CN1CCOC(CNC(=O)CN2CCC(N)C(C)(C)C2)C1.Cl.Cl. The fraction of sp³-hybridized carbons (Fsp3) is 0.944. The van der Waals surface area contributed by atoms with Crippen LogP contribution < -0.4 is 11.1 Å². The van der Waals surface area contributed by atoms with Gasteiger partial charge in [0.2, 0.25) is 5.91 Å². The molecule has 6 nitrogen and oxygen atoms in total. The zero-order valence-electron chi connectivity index (χ0n) is 16.7. The highest BCUT2D eigenvalue weighted by Crippen LogP contribution is 2.27. The largest absolute Gasteiger partial charge is 0.374 e. The zero-order valence-corrected chi connectivity index (χ0v) is 18.3. The van der Waals surface area contributed by atoms with Crippen LogP contribution >= 0.6 is 24.8 Å². The van der Waals surface area contributed by atoms with Crippen LogP contribution in [0.15, 0.2) is 0 Å². The predicted octanol–water partition coefficient (Wildman–Crippen LogP) is 1.36. The van der Waals surface area contributed by atoms with Crippen LogP contribution in [-0.4, -0.2) is 80.3 Å². The number of halogens is 2. The highest BCUT2D eigenvalue weighted by molar-refractivity contribution is 5.85. The number of carbonyl (C=O) groups is 1. The lowest BCUT2D eigenvalue weighted by Gasteiger charge is -2.42. The first-order chi connectivity index (χ1) is 11.3. The minimum atomic E-state index is 0. The normalized spacial score (nSPS) is 26.7. The minimum Gasteiger partial charge on any atom is -0.374 e. The molecule has 0 spiro atoms. The maximum Gasteiger partial charge on any atom is 0.234 e. The summed E-state index contributed by atoms with van der Waals surface area (Å²) in [4.78, 5) is 16.9. The molecule has 2 aliphatic rings. The van der Waals surface area contributed by atoms with Gasteiger partial charge in [-0.1, -0.05) is 27.7 Å². The van der Waals surface area contributed by atoms with Crippen molar-refractivity contribution in [3.8, 4) is 0 Å². The number of carbonyl (C=O) groups excluding carboxylic acids is 1. The van der Waals surface area contributed by atoms with Crippen molar-refractivity contribution >= 4 is 30.7 Å². The van der Waals surface area contributed by atoms with Crippen molar-refractivity contribution in [2.45, 2.75) is 46.3 Å². The lowest BCUT2D eigenvalue weighted by Crippen LogP contribution is -2.55. The van der Waals surface area contributed by atoms with Crippen LogP contribution in [0.1, 0.15) is 34.1 Å². The van der Waals surface area contributed by atoms with E-state index in [1.807, 2.05) is 0 Å². The van der Waals surface area contributed by atoms with Crippen LogP contribution in [-0.2, 0) is 9.53 Å². The van der Waals surface area contributed by atoms with Crippen molar-refractivity contribution in [2.24, 2.45) is 17.1 Å². The summed E-state index contributed by atoms with van der Waals surface area (Å²) in [7, 11) is 0. The number of ether oxygens (including phenoxy) is 1. The highest BCUT2D eigenvalue weighted by Gasteiger charge is 2.34. The Morgan fingerprint density at radius 1 is 1.27 bits per heavy atom. The Bertz CT molecular complexity index is 424. The molecular formula is C18H38Cl2N4O2. The first kappa shape index (κ1) is 25.9. The topological polar surface area (TPSA) is 70.8 Å². The van der Waals surface area contributed by atoms with E-state index in [0.717, 1.165) is 45.8 Å². The molecule has 2 unspecified atom stereocenters. The van der Waals surface area contributed by atoms with E-state index in [9.17, 15) is 4.79 Å². The van der Waals surface area contributed by atoms with Crippen LogP contribution in [0.3, 0.4) is 0 Å². The monoisotopic (exact) mass is 412 g/mol. The quantitative estimate of drug-likeness (QED) is 0.688. The summed E-state index contributed by atoms with van der Waals surface area (Å²) in [5, 5.41) is 3.05. The second-order valence-electron chi connectivity index (χ2n) is 8.54. The molecule has 0 aromatic rings. The molecule has 2 rings (SSSR count). The molecule has 156 valence electrons. The van der Waals surface area contributed by atoms with Gasteiger partial charge in [0.1, 0.15) is 0 Å². The standard InChI is InChI=1S/C18H36N4O2.2ClH/c1-14(2)10-21-7-8-24-15(11-21)9-20-17(23)12-22-6-5-16(19)18(3,4)13-22;;/h14-16H,5-13,19H2,1-4H3,(H,20,23);2*1H. The Balaban J connectivity index is 0.00000312. The molecule has 2 atom stereocenters. The van der Waals surface area contributed by atoms with Crippen molar-refractivity contribution in [2.75, 3.05) is 52.4 Å². The number of amides is 1. The number of piperidine rings is 1. The van der Waals surface area contributed by atoms with E-state index in [2.05, 4.69) is 42.8 Å². The molecule has 2 aliphatic heterocycles. The van der Waals surface area contributed by atoms with Gasteiger partial charge in [0.05, 0.1) is 19.3 Å². The lowest BCUT2D eigenvalue weighted by molar-refractivity contribution is -0.124. The van der Waals surface area contributed by atoms with Crippen LogP contribution in [0, 0.1) is 11.3 Å². The third-order valence-corrected chi connectivity index (χ3v) is 5.13. The smallest absolute Gasteiger partial charge is 0.234 e. The number of nitrogens with two attached hydrogens (primary N) is 1. The average molecular weight is 413 g/mol. The highest BCUT2D eigenvalue weighted by atomic mass is 35.5. The fourth-order valence-corrected chi connectivity index (χ4v) is 3.69. The van der Waals surface area contributed by atoms with E-state index in [1.54, 1.807) is 0 Å². The number of nitrogens with one attached hydrogen (secondary N) is 1. The third kappa shape index (κ3) is 8.28. The zero-order chi connectivity index (χ0) is 17.7. The molecule has 0 bridgehead atoms. The van der Waals surface area contributed by atoms with Crippen molar-refractivity contribution < 1.29 is 9.53 Å². The molecule has 0 saturated carbocycles. The molecule has 1 amide bonds. The summed E-state index contributed by atoms with van der Waals surface area (Å²) < 4.78 is 5.79. The maximum atomic E-state index is 12.3. The third-order valence-electron chi connectivity index (χ3n) is 5.13. The van der Waals surface area contributed by atoms with Gasteiger partial charge in [-0.2, -0.15) is 0 Å². The molecule has 2 fully saturated rings. The van der Waals surface area contributed by atoms with Gasteiger partial charge in [0.15, 0.2) is 0 Å². The van der Waals surface area contributed by atoms with Crippen LogP contribution in [0.4, 0.5) is 0 Å². The number of hydrogen-bond acceptors (Lipinski definition) is 5. The number of nitrogens with zero attached hydrogens (tertiary/aromatic N) is 2.